The number of hydrogen-bond donors (Lipinski definition) is 0. The lowest BCUT2D eigenvalue weighted by Gasteiger charge is -1.97. The number of halogens is 2. The summed E-state index contributed by atoms with van der Waals surface area (Å²) in [7, 11) is 0. The summed E-state index contributed by atoms with van der Waals surface area (Å²) in [5, 5.41) is 0.964. The molecule has 1 aliphatic rings. The molecule has 1 saturated carbocycles. The van der Waals surface area contributed by atoms with Crippen LogP contribution in [0.25, 0.3) is 5.03 Å². The van der Waals surface area contributed by atoms with Gasteiger partial charge in [0.1, 0.15) is 0 Å². The molecule has 1 aromatic carbocycles. The molecule has 0 unspecified atom stereocenters. The van der Waals surface area contributed by atoms with Crippen molar-refractivity contribution < 1.29 is 0 Å². The van der Waals surface area contributed by atoms with Gasteiger partial charge in [0, 0.05) is 8.60 Å². The molecule has 12 heavy (non-hydrogen) atoms. The van der Waals surface area contributed by atoms with Crippen molar-refractivity contribution >= 4 is 39.2 Å². The Labute approximate surface area is 90.8 Å². The molecule has 1 aliphatic carbocycles. The highest BCUT2D eigenvalue weighted by Gasteiger charge is 2.16. The largest absolute Gasteiger partial charge is 0.0837 e. The van der Waals surface area contributed by atoms with E-state index in [-0.39, 0.29) is 0 Å². The highest BCUT2D eigenvalue weighted by atomic mass is 127. The highest BCUT2D eigenvalue weighted by molar-refractivity contribution is 14.1. The molecule has 0 aromatic heterocycles. The van der Waals surface area contributed by atoms with E-state index in [0.717, 1.165) is 10.6 Å². The van der Waals surface area contributed by atoms with Crippen LogP contribution in [-0.2, 0) is 0 Å². The van der Waals surface area contributed by atoms with Gasteiger partial charge in [-0.2, -0.15) is 0 Å². The van der Waals surface area contributed by atoms with Crippen LogP contribution in [0.5, 0.6) is 0 Å². The Bertz CT molecular complexity index is 318. The van der Waals surface area contributed by atoms with E-state index in [2.05, 4.69) is 46.9 Å². The quantitative estimate of drug-likeness (QED) is 0.685. The number of allylic oxidation sites excluding steroid dienone is 1. The fourth-order valence-corrected chi connectivity index (χ4v) is 1.76. The standard InChI is InChI=1S/C10H8ClI/c11-10(7-1-2-7)8-3-5-9(12)6-4-8/h3-6H,1-2H2. The first-order chi connectivity index (χ1) is 5.77. The predicted octanol–water partition coefficient (Wildman–Crippen LogP) is 4.03. The number of rotatable bonds is 1. The topological polar surface area (TPSA) is 0 Å². The Morgan fingerprint density at radius 2 is 1.75 bits per heavy atom. The van der Waals surface area contributed by atoms with Crippen molar-refractivity contribution in [2.45, 2.75) is 12.8 Å². The van der Waals surface area contributed by atoms with Gasteiger partial charge in [-0.25, -0.2) is 0 Å². The molecule has 1 aromatic rings. The minimum absolute atomic E-state index is 0.964. The van der Waals surface area contributed by atoms with Gasteiger partial charge in [-0.15, -0.1) is 0 Å². The summed E-state index contributed by atoms with van der Waals surface area (Å²) in [6, 6.07) is 8.33. The van der Waals surface area contributed by atoms with E-state index in [1.807, 2.05) is 0 Å². The molecule has 62 valence electrons. The smallest absolute Gasteiger partial charge is 0.0470 e. The Kier molecular flexibility index (Phi) is 2.42. The van der Waals surface area contributed by atoms with Gasteiger partial charge < -0.3 is 0 Å². The molecule has 0 saturated heterocycles. The molecule has 0 spiro atoms. The second kappa shape index (κ2) is 3.38. The Hall–Kier alpha value is -0.0200. The Morgan fingerprint density at radius 3 is 2.25 bits per heavy atom. The van der Waals surface area contributed by atoms with Crippen LogP contribution in [-0.4, -0.2) is 0 Å². The molecular weight excluding hydrogens is 282 g/mol. The van der Waals surface area contributed by atoms with E-state index in [9.17, 15) is 0 Å². The van der Waals surface area contributed by atoms with Gasteiger partial charge in [0.25, 0.3) is 0 Å². The van der Waals surface area contributed by atoms with E-state index in [1.54, 1.807) is 0 Å². The van der Waals surface area contributed by atoms with Gasteiger partial charge in [0.15, 0.2) is 0 Å². The highest BCUT2D eigenvalue weighted by Crippen LogP contribution is 2.38. The number of hydrogen-bond acceptors (Lipinski definition) is 0. The van der Waals surface area contributed by atoms with Crippen LogP contribution in [0.1, 0.15) is 18.4 Å². The molecule has 0 atom stereocenters. The van der Waals surface area contributed by atoms with Crippen molar-refractivity contribution in [3.05, 3.63) is 39.0 Å². The van der Waals surface area contributed by atoms with E-state index >= 15 is 0 Å². The molecule has 0 heterocycles. The van der Waals surface area contributed by atoms with Gasteiger partial charge in [-0.3, -0.25) is 0 Å². The minimum atomic E-state index is 0.964. The lowest BCUT2D eigenvalue weighted by Crippen LogP contribution is -1.77. The molecule has 0 N–H and O–H groups in total. The summed E-state index contributed by atoms with van der Waals surface area (Å²) < 4.78 is 1.25. The van der Waals surface area contributed by atoms with E-state index in [4.69, 9.17) is 11.6 Å². The van der Waals surface area contributed by atoms with E-state index in [0.29, 0.717) is 0 Å². The van der Waals surface area contributed by atoms with Crippen molar-refractivity contribution in [2.75, 3.05) is 0 Å². The lowest BCUT2D eigenvalue weighted by molar-refractivity contribution is 1.50. The maximum Gasteiger partial charge on any atom is 0.0470 e. The summed E-state index contributed by atoms with van der Waals surface area (Å²) in [4.78, 5) is 0. The first-order valence-electron chi connectivity index (χ1n) is 3.91. The molecule has 0 amide bonds. The summed E-state index contributed by atoms with van der Waals surface area (Å²) in [6.07, 6.45) is 2.37. The molecule has 2 rings (SSSR count). The zero-order valence-corrected chi connectivity index (χ0v) is 9.39. The molecule has 2 heteroatoms. The maximum absolute atomic E-state index is 6.13. The first kappa shape index (κ1) is 8.57. The fourth-order valence-electron chi connectivity index (χ4n) is 1.08. The van der Waals surface area contributed by atoms with Crippen LogP contribution in [0, 0.1) is 3.57 Å². The molecule has 0 bridgehead atoms. The predicted molar refractivity (Wildman–Crippen MR) is 61.2 cm³/mol. The third-order valence-corrected chi connectivity index (χ3v) is 3.11. The van der Waals surface area contributed by atoms with Crippen molar-refractivity contribution in [3.63, 3.8) is 0 Å². The van der Waals surface area contributed by atoms with Crippen LogP contribution in [0.4, 0.5) is 0 Å². The lowest BCUT2D eigenvalue weighted by atomic mass is 10.2. The summed E-state index contributed by atoms with van der Waals surface area (Å²) in [5.41, 5.74) is 2.56. The van der Waals surface area contributed by atoms with Crippen LogP contribution >= 0.6 is 34.2 Å². The van der Waals surface area contributed by atoms with Gasteiger partial charge in [-0.05, 0) is 53.1 Å². The zero-order valence-electron chi connectivity index (χ0n) is 6.48. The molecular formula is C10H8ClI. The van der Waals surface area contributed by atoms with Crippen molar-refractivity contribution in [3.8, 4) is 0 Å². The Balaban J connectivity index is 2.35. The molecule has 0 aliphatic heterocycles. The van der Waals surface area contributed by atoms with Crippen LogP contribution < -0.4 is 0 Å². The van der Waals surface area contributed by atoms with Gasteiger partial charge in [-0.1, -0.05) is 29.3 Å². The summed E-state index contributed by atoms with van der Waals surface area (Å²) in [6.45, 7) is 0. The maximum atomic E-state index is 6.13. The van der Waals surface area contributed by atoms with E-state index in [1.165, 1.54) is 22.0 Å². The first-order valence-corrected chi connectivity index (χ1v) is 5.36. The van der Waals surface area contributed by atoms with Crippen LogP contribution in [0.2, 0.25) is 0 Å². The van der Waals surface area contributed by atoms with Gasteiger partial charge in [0.05, 0.1) is 0 Å². The van der Waals surface area contributed by atoms with Crippen molar-refractivity contribution in [1.29, 1.82) is 0 Å². The third kappa shape index (κ3) is 1.83. The summed E-state index contributed by atoms with van der Waals surface area (Å²) >= 11 is 8.43. The normalized spacial score (nSPS) is 14.7. The van der Waals surface area contributed by atoms with Crippen molar-refractivity contribution in [2.24, 2.45) is 0 Å². The molecule has 0 radical (unpaired) electrons. The van der Waals surface area contributed by atoms with Crippen molar-refractivity contribution in [1.82, 2.24) is 0 Å². The third-order valence-electron chi connectivity index (χ3n) is 1.91. The molecule has 0 nitrogen and oxygen atoms in total. The molecule has 1 fully saturated rings. The fraction of sp³-hybridized carbons (Fsp3) is 0.200. The average molecular weight is 291 g/mol. The number of benzene rings is 1. The summed E-state index contributed by atoms with van der Waals surface area (Å²) in [5.74, 6) is 0. The Morgan fingerprint density at radius 1 is 1.17 bits per heavy atom. The second-order valence-corrected chi connectivity index (χ2v) is 4.55. The van der Waals surface area contributed by atoms with Gasteiger partial charge in [0.2, 0.25) is 0 Å². The van der Waals surface area contributed by atoms with Gasteiger partial charge >= 0.3 is 0 Å². The monoisotopic (exact) mass is 290 g/mol. The minimum Gasteiger partial charge on any atom is -0.0837 e. The van der Waals surface area contributed by atoms with Crippen LogP contribution in [0.3, 0.4) is 0 Å². The van der Waals surface area contributed by atoms with Crippen LogP contribution in [0.15, 0.2) is 29.8 Å². The average Bonchev–Trinajstić information content (AvgIpc) is 2.87. The second-order valence-electron chi connectivity index (χ2n) is 2.92. The SMILES string of the molecule is ClC(=C1CC1)c1ccc(I)cc1. The zero-order chi connectivity index (χ0) is 8.55. The van der Waals surface area contributed by atoms with E-state index < -0.39 is 0 Å².